The molecule has 0 atom stereocenters. The first-order valence-corrected chi connectivity index (χ1v) is 9.87. The molecule has 0 aliphatic heterocycles. The highest BCUT2D eigenvalue weighted by molar-refractivity contribution is 6.31. The highest BCUT2D eigenvalue weighted by atomic mass is 35.5. The highest BCUT2D eigenvalue weighted by Crippen LogP contribution is 2.22. The van der Waals surface area contributed by atoms with Gasteiger partial charge in [-0.3, -0.25) is 4.79 Å². The summed E-state index contributed by atoms with van der Waals surface area (Å²) in [4.78, 5) is 20.2. The molecule has 8 heteroatoms. The summed E-state index contributed by atoms with van der Waals surface area (Å²) < 4.78 is 1.63. The SMILES string of the molecule is O=C(NCCc1c[nH]c2ccc(Cl)cc12)c1cccc(-n2nnc3cccnc32)c1. The van der Waals surface area contributed by atoms with Gasteiger partial charge in [-0.1, -0.05) is 22.9 Å². The van der Waals surface area contributed by atoms with Crippen LogP contribution in [0.1, 0.15) is 15.9 Å². The van der Waals surface area contributed by atoms with Crippen LogP contribution in [0, 0.1) is 0 Å². The van der Waals surface area contributed by atoms with Gasteiger partial charge in [0.25, 0.3) is 5.91 Å². The van der Waals surface area contributed by atoms with E-state index in [-0.39, 0.29) is 5.91 Å². The molecule has 0 radical (unpaired) electrons. The number of rotatable bonds is 5. The second-order valence-electron chi connectivity index (χ2n) is 6.91. The van der Waals surface area contributed by atoms with Crippen LogP contribution in [0.15, 0.2) is 67.0 Å². The Bertz CT molecular complexity index is 1370. The van der Waals surface area contributed by atoms with Gasteiger partial charge < -0.3 is 10.3 Å². The summed E-state index contributed by atoms with van der Waals surface area (Å²) in [6, 6.07) is 16.6. The Labute approximate surface area is 176 Å². The summed E-state index contributed by atoms with van der Waals surface area (Å²) in [5, 5.41) is 13.0. The Hall–Kier alpha value is -3.71. The molecular formula is C22H17ClN6O. The van der Waals surface area contributed by atoms with Gasteiger partial charge in [0, 0.05) is 40.4 Å². The van der Waals surface area contributed by atoms with E-state index in [1.54, 1.807) is 23.0 Å². The van der Waals surface area contributed by atoms with Crippen LogP contribution < -0.4 is 5.32 Å². The third-order valence-electron chi connectivity index (χ3n) is 4.97. The summed E-state index contributed by atoms with van der Waals surface area (Å²) in [6.07, 6.45) is 4.34. The fourth-order valence-corrected chi connectivity index (χ4v) is 3.66. The van der Waals surface area contributed by atoms with Crippen LogP contribution in [0.25, 0.3) is 27.8 Å². The molecule has 5 rings (SSSR count). The summed E-state index contributed by atoms with van der Waals surface area (Å²) >= 11 is 6.11. The zero-order valence-electron chi connectivity index (χ0n) is 15.8. The molecule has 0 fully saturated rings. The van der Waals surface area contributed by atoms with E-state index in [0.717, 1.165) is 22.2 Å². The Kier molecular flexibility index (Phi) is 4.65. The van der Waals surface area contributed by atoms with Gasteiger partial charge >= 0.3 is 0 Å². The van der Waals surface area contributed by atoms with Crippen LogP contribution >= 0.6 is 11.6 Å². The van der Waals surface area contributed by atoms with E-state index in [0.29, 0.717) is 34.7 Å². The largest absolute Gasteiger partial charge is 0.361 e. The summed E-state index contributed by atoms with van der Waals surface area (Å²) in [7, 11) is 0. The van der Waals surface area contributed by atoms with E-state index in [2.05, 4.69) is 25.6 Å². The average molecular weight is 417 g/mol. The third-order valence-corrected chi connectivity index (χ3v) is 5.21. The van der Waals surface area contributed by atoms with Gasteiger partial charge in [0.15, 0.2) is 5.65 Å². The Balaban J connectivity index is 1.31. The van der Waals surface area contributed by atoms with Gasteiger partial charge in [-0.15, -0.1) is 5.10 Å². The quantitative estimate of drug-likeness (QED) is 0.454. The number of nitrogens with one attached hydrogen (secondary N) is 2. The molecule has 0 aliphatic carbocycles. The molecule has 5 aromatic rings. The minimum Gasteiger partial charge on any atom is -0.361 e. The van der Waals surface area contributed by atoms with Crippen molar-refractivity contribution in [2.45, 2.75) is 6.42 Å². The molecule has 0 bridgehead atoms. The lowest BCUT2D eigenvalue weighted by atomic mass is 10.1. The lowest BCUT2D eigenvalue weighted by molar-refractivity contribution is 0.0954. The number of benzene rings is 2. The molecule has 7 nitrogen and oxygen atoms in total. The normalized spacial score (nSPS) is 11.2. The van der Waals surface area contributed by atoms with Crippen molar-refractivity contribution in [2.75, 3.05) is 6.54 Å². The lowest BCUT2D eigenvalue weighted by Crippen LogP contribution is -2.25. The number of nitrogens with zero attached hydrogens (tertiary/aromatic N) is 4. The van der Waals surface area contributed by atoms with E-state index in [1.807, 2.05) is 48.7 Å². The Morgan fingerprint density at radius 1 is 1.13 bits per heavy atom. The maximum Gasteiger partial charge on any atom is 0.251 e. The molecule has 30 heavy (non-hydrogen) atoms. The number of pyridine rings is 1. The zero-order chi connectivity index (χ0) is 20.5. The van der Waals surface area contributed by atoms with Crippen LogP contribution in [0.5, 0.6) is 0 Å². The smallest absolute Gasteiger partial charge is 0.251 e. The van der Waals surface area contributed by atoms with Gasteiger partial charge in [-0.25, -0.2) is 4.98 Å². The summed E-state index contributed by atoms with van der Waals surface area (Å²) in [5.41, 5.74) is 4.77. The number of halogens is 1. The van der Waals surface area contributed by atoms with E-state index >= 15 is 0 Å². The van der Waals surface area contributed by atoms with E-state index < -0.39 is 0 Å². The maximum absolute atomic E-state index is 12.7. The van der Waals surface area contributed by atoms with Crippen molar-refractivity contribution >= 4 is 39.6 Å². The predicted molar refractivity (Wildman–Crippen MR) is 116 cm³/mol. The molecule has 2 N–H and O–H groups in total. The minimum atomic E-state index is -0.146. The molecule has 0 saturated heterocycles. The van der Waals surface area contributed by atoms with E-state index in [1.165, 1.54) is 0 Å². The number of aromatic nitrogens is 5. The number of fused-ring (bicyclic) bond motifs is 2. The lowest BCUT2D eigenvalue weighted by Gasteiger charge is -2.07. The maximum atomic E-state index is 12.7. The molecule has 0 unspecified atom stereocenters. The van der Waals surface area contributed by atoms with Gasteiger partial charge in [0.1, 0.15) is 5.52 Å². The van der Waals surface area contributed by atoms with Gasteiger partial charge in [0.05, 0.1) is 5.69 Å². The fourth-order valence-electron chi connectivity index (χ4n) is 3.49. The number of aromatic amines is 1. The Morgan fingerprint density at radius 3 is 3.00 bits per heavy atom. The van der Waals surface area contributed by atoms with Crippen molar-refractivity contribution in [1.82, 2.24) is 30.3 Å². The molecule has 148 valence electrons. The Morgan fingerprint density at radius 2 is 2.07 bits per heavy atom. The number of hydrogen-bond donors (Lipinski definition) is 2. The monoisotopic (exact) mass is 416 g/mol. The number of hydrogen-bond acceptors (Lipinski definition) is 4. The molecule has 0 spiro atoms. The third kappa shape index (κ3) is 3.40. The van der Waals surface area contributed by atoms with Gasteiger partial charge in [-0.2, -0.15) is 4.68 Å². The average Bonchev–Trinajstić information content (AvgIpc) is 3.38. The van der Waals surface area contributed by atoms with Crippen LogP contribution in [0.2, 0.25) is 5.02 Å². The van der Waals surface area contributed by atoms with Crippen molar-refractivity contribution < 1.29 is 4.79 Å². The first-order valence-electron chi connectivity index (χ1n) is 9.49. The van der Waals surface area contributed by atoms with Crippen LogP contribution in [-0.4, -0.2) is 37.4 Å². The number of carbonyl (C=O) groups excluding carboxylic acids is 1. The first kappa shape index (κ1) is 18.3. The first-order chi connectivity index (χ1) is 14.7. The fraction of sp³-hybridized carbons (Fsp3) is 0.0909. The van der Waals surface area contributed by atoms with Crippen LogP contribution in [0.4, 0.5) is 0 Å². The number of carbonyl (C=O) groups is 1. The molecular weight excluding hydrogens is 400 g/mol. The second kappa shape index (κ2) is 7.61. The molecule has 3 aromatic heterocycles. The number of H-pyrrole nitrogens is 1. The highest BCUT2D eigenvalue weighted by Gasteiger charge is 2.11. The van der Waals surface area contributed by atoms with Crippen molar-refractivity contribution in [3.8, 4) is 5.69 Å². The van der Waals surface area contributed by atoms with Crippen LogP contribution in [0.3, 0.4) is 0 Å². The van der Waals surface area contributed by atoms with E-state index in [4.69, 9.17) is 11.6 Å². The summed E-state index contributed by atoms with van der Waals surface area (Å²) in [5.74, 6) is -0.146. The van der Waals surface area contributed by atoms with Gasteiger partial charge in [0.2, 0.25) is 0 Å². The van der Waals surface area contributed by atoms with Crippen LogP contribution in [-0.2, 0) is 6.42 Å². The molecule has 3 heterocycles. The number of amides is 1. The van der Waals surface area contributed by atoms with Crippen molar-refractivity contribution in [3.63, 3.8) is 0 Å². The minimum absolute atomic E-state index is 0.146. The van der Waals surface area contributed by atoms with Crippen molar-refractivity contribution in [2.24, 2.45) is 0 Å². The molecule has 2 aromatic carbocycles. The summed E-state index contributed by atoms with van der Waals surface area (Å²) in [6.45, 7) is 0.510. The standard InChI is InChI=1S/C22H17ClN6O/c23-16-6-7-19-18(12-16)15(13-26-19)8-10-25-22(30)14-3-1-4-17(11-14)29-21-20(27-28-29)5-2-9-24-21/h1-7,9,11-13,26H,8,10H2,(H,25,30). The van der Waals surface area contributed by atoms with E-state index in [9.17, 15) is 4.79 Å². The van der Waals surface area contributed by atoms with Gasteiger partial charge in [-0.05, 0) is 60.5 Å². The zero-order valence-corrected chi connectivity index (χ0v) is 16.6. The molecule has 0 saturated carbocycles. The second-order valence-corrected chi connectivity index (χ2v) is 7.34. The van der Waals surface area contributed by atoms with Crippen molar-refractivity contribution in [1.29, 1.82) is 0 Å². The predicted octanol–water partition coefficient (Wildman–Crippen LogP) is 3.92. The molecule has 0 aliphatic rings. The topological polar surface area (TPSA) is 88.5 Å². The van der Waals surface area contributed by atoms with Crippen molar-refractivity contribution in [3.05, 3.63) is 83.1 Å². The molecule has 1 amide bonds.